The Labute approximate surface area is 217 Å². The van der Waals surface area contributed by atoms with Crippen molar-refractivity contribution in [2.24, 2.45) is 0 Å². The standard InChI is InChI=1S/C30H24F3NO4/c31-25-17-22(18-26(32)28(25)33)29(35)34(16-6-9-20-7-2-1-3-8-20)19-21-12-14-23(15-13-21)38-27-11-5-4-10-24(27)30(36)37/h1-5,7-8,10-15,17-18H,6,9,16,19H2,(H,36,37). The molecule has 0 saturated heterocycles. The fourth-order valence-corrected chi connectivity index (χ4v) is 3.98. The van der Waals surface area contributed by atoms with E-state index in [-0.39, 0.29) is 23.4 Å². The summed E-state index contributed by atoms with van der Waals surface area (Å²) < 4.78 is 46.8. The highest BCUT2D eigenvalue weighted by Crippen LogP contribution is 2.26. The molecule has 1 amide bonds. The van der Waals surface area contributed by atoms with E-state index in [0.717, 1.165) is 5.56 Å². The highest BCUT2D eigenvalue weighted by atomic mass is 19.2. The molecule has 38 heavy (non-hydrogen) atoms. The van der Waals surface area contributed by atoms with Gasteiger partial charge < -0.3 is 14.7 Å². The van der Waals surface area contributed by atoms with Gasteiger partial charge in [0.1, 0.15) is 17.1 Å². The normalized spacial score (nSPS) is 10.7. The molecule has 0 aliphatic carbocycles. The van der Waals surface area contributed by atoms with Crippen molar-refractivity contribution in [3.8, 4) is 11.5 Å². The summed E-state index contributed by atoms with van der Waals surface area (Å²) in [7, 11) is 0. The van der Waals surface area contributed by atoms with Gasteiger partial charge in [-0.25, -0.2) is 18.0 Å². The Bertz CT molecular complexity index is 1400. The lowest BCUT2D eigenvalue weighted by Crippen LogP contribution is -2.32. The Morgan fingerprint density at radius 3 is 2.08 bits per heavy atom. The maximum Gasteiger partial charge on any atom is 0.339 e. The second-order valence-electron chi connectivity index (χ2n) is 8.62. The fourth-order valence-electron chi connectivity index (χ4n) is 3.98. The van der Waals surface area contributed by atoms with Gasteiger partial charge in [0.25, 0.3) is 5.91 Å². The second kappa shape index (κ2) is 12.1. The first-order valence-corrected chi connectivity index (χ1v) is 11.9. The molecule has 0 heterocycles. The SMILES string of the molecule is O=C(O)c1ccccc1Oc1ccc(CN(CCCc2ccccc2)C(=O)c2cc(F)c(F)c(F)c2)cc1. The lowest BCUT2D eigenvalue weighted by atomic mass is 10.1. The van der Waals surface area contributed by atoms with Crippen LogP contribution in [0.3, 0.4) is 0 Å². The van der Waals surface area contributed by atoms with Crippen molar-refractivity contribution < 1.29 is 32.6 Å². The van der Waals surface area contributed by atoms with Crippen LogP contribution in [-0.2, 0) is 13.0 Å². The molecule has 0 spiro atoms. The number of ether oxygens (including phenoxy) is 1. The monoisotopic (exact) mass is 519 g/mol. The van der Waals surface area contributed by atoms with Gasteiger partial charge in [0.15, 0.2) is 17.5 Å². The van der Waals surface area contributed by atoms with E-state index in [0.29, 0.717) is 42.8 Å². The molecular formula is C30H24F3NO4. The Morgan fingerprint density at radius 2 is 1.42 bits per heavy atom. The van der Waals surface area contributed by atoms with Crippen molar-refractivity contribution in [2.75, 3.05) is 6.54 Å². The first-order chi connectivity index (χ1) is 18.3. The largest absolute Gasteiger partial charge is 0.478 e. The van der Waals surface area contributed by atoms with Gasteiger partial charge in [-0.3, -0.25) is 4.79 Å². The third-order valence-electron chi connectivity index (χ3n) is 5.90. The van der Waals surface area contributed by atoms with Crippen molar-refractivity contribution in [1.82, 2.24) is 4.90 Å². The number of para-hydroxylation sites is 1. The van der Waals surface area contributed by atoms with Crippen LogP contribution < -0.4 is 4.74 Å². The van der Waals surface area contributed by atoms with Crippen LogP contribution in [0.5, 0.6) is 11.5 Å². The van der Waals surface area contributed by atoms with Crippen LogP contribution in [0.1, 0.15) is 38.3 Å². The number of carbonyl (C=O) groups excluding carboxylic acids is 1. The number of carboxylic acid groups (broad SMARTS) is 1. The van der Waals surface area contributed by atoms with Crippen molar-refractivity contribution in [1.29, 1.82) is 0 Å². The van der Waals surface area contributed by atoms with Crippen molar-refractivity contribution in [3.63, 3.8) is 0 Å². The Morgan fingerprint density at radius 1 is 0.789 bits per heavy atom. The van der Waals surface area contributed by atoms with Crippen molar-refractivity contribution in [3.05, 3.63) is 131 Å². The van der Waals surface area contributed by atoms with E-state index >= 15 is 0 Å². The maximum absolute atomic E-state index is 13.8. The molecule has 8 heteroatoms. The highest BCUT2D eigenvalue weighted by Gasteiger charge is 2.21. The number of benzene rings is 4. The summed E-state index contributed by atoms with van der Waals surface area (Å²) in [5, 5.41) is 9.34. The minimum absolute atomic E-state index is 0.0190. The smallest absolute Gasteiger partial charge is 0.339 e. The summed E-state index contributed by atoms with van der Waals surface area (Å²) in [6.45, 7) is 0.415. The molecule has 0 atom stereocenters. The lowest BCUT2D eigenvalue weighted by molar-refractivity contribution is 0.0692. The number of nitrogens with zero attached hydrogens (tertiary/aromatic N) is 1. The third-order valence-corrected chi connectivity index (χ3v) is 5.90. The molecule has 0 aromatic heterocycles. The van der Waals surface area contributed by atoms with Gasteiger partial charge in [0, 0.05) is 18.7 Å². The van der Waals surface area contributed by atoms with E-state index in [1.54, 1.807) is 42.5 Å². The quantitative estimate of drug-likeness (QED) is 0.232. The van der Waals surface area contributed by atoms with Crippen LogP contribution in [0.25, 0.3) is 0 Å². The number of aryl methyl sites for hydroxylation is 1. The molecule has 0 unspecified atom stereocenters. The summed E-state index contributed by atoms with van der Waals surface area (Å²) in [6, 6.07) is 24.0. The zero-order valence-electron chi connectivity index (χ0n) is 20.2. The number of hydrogen-bond acceptors (Lipinski definition) is 3. The van der Waals surface area contributed by atoms with Crippen LogP contribution >= 0.6 is 0 Å². The van der Waals surface area contributed by atoms with E-state index in [1.807, 2.05) is 30.3 Å². The number of amides is 1. The molecule has 0 aliphatic rings. The van der Waals surface area contributed by atoms with Gasteiger partial charge in [-0.05, 0) is 60.4 Å². The van der Waals surface area contributed by atoms with Crippen molar-refractivity contribution in [2.45, 2.75) is 19.4 Å². The Kier molecular flexibility index (Phi) is 8.43. The second-order valence-corrected chi connectivity index (χ2v) is 8.62. The minimum atomic E-state index is -1.63. The molecule has 4 rings (SSSR count). The predicted octanol–water partition coefficient (Wildman–Crippen LogP) is 6.87. The molecule has 0 bridgehead atoms. The minimum Gasteiger partial charge on any atom is -0.478 e. The first kappa shape index (κ1) is 26.5. The molecule has 0 saturated carbocycles. The summed E-state index contributed by atoms with van der Waals surface area (Å²) >= 11 is 0. The van der Waals surface area contributed by atoms with Crippen LogP contribution in [0, 0.1) is 17.5 Å². The summed E-state index contributed by atoms with van der Waals surface area (Å²) in [6.07, 6.45) is 1.28. The fraction of sp³-hybridized carbons (Fsp3) is 0.133. The molecule has 4 aromatic rings. The molecule has 0 aliphatic heterocycles. The van der Waals surface area contributed by atoms with E-state index in [4.69, 9.17) is 4.74 Å². The number of hydrogen-bond donors (Lipinski definition) is 1. The van der Waals surface area contributed by atoms with Gasteiger partial charge in [-0.15, -0.1) is 0 Å². The predicted molar refractivity (Wildman–Crippen MR) is 136 cm³/mol. The summed E-state index contributed by atoms with van der Waals surface area (Å²) in [5.74, 6) is -5.65. The third kappa shape index (κ3) is 6.59. The first-order valence-electron chi connectivity index (χ1n) is 11.9. The number of halogens is 3. The van der Waals surface area contributed by atoms with E-state index in [9.17, 15) is 27.9 Å². The summed E-state index contributed by atoms with van der Waals surface area (Å²) in [4.78, 5) is 26.1. The van der Waals surface area contributed by atoms with Gasteiger partial charge in [0.2, 0.25) is 0 Å². The molecule has 0 fully saturated rings. The van der Waals surface area contributed by atoms with Gasteiger partial charge in [0.05, 0.1) is 0 Å². The van der Waals surface area contributed by atoms with Crippen LogP contribution in [-0.4, -0.2) is 28.4 Å². The van der Waals surface area contributed by atoms with Crippen LogP contribution in [0.2, 0.25) is 0 Å². The average Bonchev–Trinajstić information content (AvgIpc) is 2.92. The Balaban J connectivity index is 1.51. The highest BCUT2D eigenvalue weighted by molar-refractivity contribution is 5.94. The number of aromatic carboxylic acids is 1. The zero-order chi connectivity index (χ0) is 27.1. The van der Waals surface area contributed by atoms with Gasteiger partial charge >= 0.3 is 5.97 Å². The topological polar surface area (TPSA) is 66.8 Å². The Hall–Kier alpha value is -4.59. The van der Waals surface area contributed by atoms with Crippen molar-refractivity contribution >= 4 is 11.9 Å². The van der Waals surface area contributed by atoms with Crippen LogP contribution in [0.15, 0.2) is 91.0 Å². The van der Waals surface area contributed by atoms with E-state index in [2.05, 4.69) is 0 Å². The van der Waals surface area contributed by atoms with E-state index in [1.165, 1.54) is 11.0 Å². The molecule has 1 N–H and O–H groups in total. The van der Waals surface area contributed by atoms with Crippen LogP contribution in [0.4, 0.5) is 13.2 Å². The lowest BCUT2D eigenvalue weighted by Gasteiger charge is -2.23. The number of carboxylic acids is 1. The molecule has 4 aromatic carbocycles. The number of rotatable bonds is 10. The van der Waals surface area contributed by atoms with E-state index < -0.39 is 29.3 Å². The molecule has 0 radical (unpaired) electrons. The maximum atomic E-state index is 13.8. The molecule has 194 valence electrons. The van der Waals surface area contributed by atoms with Gasteiger partial charge in [-0.2, -0.15) is 0 Å². The summed E-state index contributed by atoms with van der Waals surface area (Å²) in [5.41, 5.74) is 1.53. The number of carbonyl (C=O) groups is 2. The average molecular weight is 520 g/mol. The molecule has 5 nitrogen and oxygen atoms in total. The molecular weight excluding hydrogens is 495 g/mol. The zero-order valence-corrected chi connectivity index (χ0v) is 20.2. The van der Waals surface area contributed by atoms with Gasteiger partial charge in [-0.1, -0.05) is 54.6 Å².